The molecule has 1 aromatic carbocycles. The first-order valence-corrected chi connectivity index (χ1v) is 8.59. The van der Waals surface area contributed by atoms with E-state index in [9.17, 15) is 9.59 Å². The van der Waals surface area contributed by atoms with E-state index in [1.165, 1.54) is 0 Å². The number of likely N-dealkylation sites (tertiary alicyclic amines) is 1. The average molecular weight is 378 g/mol. The molecule has 1 aliphatic rings. The molecule has 0 unspecified atom stereocenters. The summed E-state index contributed by atoms with van der Waals surface area (Å²) in [6.07, 6.45) is -0.604. The third kappa shape index (κ3) is 6.22. The Labute approximate surface area is 158 Å². The van der Waals surface area contributed by atoms with E-state index < -0.39 is 11.7 Å². The topological polar surface area (TPSA) is 127 Å². The highest BCUT2D eigenvalue weighted by atomic mass is 16.6. The second kappa shape index (κ2) is 8.83. The van der Waals surface area contributed by atoms with Crippen molar-refractivity contribution >= 4 is 18.2 Å². The molecule has 0 radical (unpaired) electrons. The molecule has 27 heavy (non-hydrogen) atoms. The number of nitrogens with one attached hydrogen (secondary N) is 2. The van der Waals surface area contributed by atoms with Crippen LogP contribution in [0, 0.1) is 5.41 Å². The molecule has 1 aliphatic heterocycles. The van der Waals surface area contributed by atoms with Crippen LogP contribution in [0.5, 0.6) is 5.75 Å². The normalized spacial score (nSPS) is 15.5. The molecule has 1 saturated heterocycles. The highest BCUT2D eigenvalue weighted by Gasteiger charge is 2.34. The lowest BCUT2D eigenvalue weighted by Gasteiger charge is -2.40. The summed E-state index contributed by atoms with van der Waals surface area (Å²) in [4.78, 5) is 28.5. The molecule has 148 valence electrons. The van der Waals surface area contributed by atoms with E-state index in [1.807, 2.05) is 20.8 Å². The summed E-state index contributed by atoms with van der Waals surface area (Å²) in [5.41, 5.74) is 0.161. The third-order valence-corrected chi connectivity index (χ3v) is 3.77. The maximum atomic E-state index is 11.9. The summed E-state index contributed by atoms with van der Waals surface area (Å²) in [6, 6.07) is 6.86. The second-order valence-corrected chi connectivity index (χ2v) is 7.25. The first-order chi connectivity index (χ1) is 12.7. The quantitative estimate of drug-likeness (QED) is 0.280. The lowest BCUT2D eigenvalue weighted by atomic mass is 10.1. The number of nitrogens with zero attached hydrogens (tertiary/aromatic N) is 1. The molecule has 4 N–H and O–H groups in total. The molecule has 0 bridgehead atoms. The molecule has 1 aromatic rings. The number of carbonyl (C=O) groups excluding carboxylic acids is 2. The summed E-state index contributed by atoms with van der Waals surface area (Å²) in [5, 5.41) is 11.2. The summed E-state index contributed by atoms with van der Waals surface area (Å²) in [7, 11) is 0. The van der Waals surface area contributed by atoms with Crippen molar-refractivity contribution in [1.29, 1.82) is 5.41 Å². The number of benzene rings is 1. The number of hydrogen-bond acceptors (Lipinski definition) is 7. The fourth-order valence-corrected chi connectivity index (χ4v) is 2.34. The zero-order valence-corrected chi connectivity index (χ0v) is 15.7. The van der Waals surface area contributed by atoms with Gasteiger partial charge in [0.2, 0.25) is 0 Å². The van der Waals surface area contributed by atoms with Crippen LogP contribution >= 0.6 is 0 Å². The fraction of sp³-hybridized carbons (Fsp3) is 0.500. The summed E-state index contributed by atoms with van der Waals surface area (Å²) in [5.74, 6) is 5.75. The minimum atomic E-state index is -0.823. The molecule has 1 fully saturated rings. The van der Waals surface area contributed by atoms with E-state index in [0.29, 0.717) is 30.7 Å². The van der Waals surface area contributed by atoms with Crippen molar-refractivity contribution in [3.63, 3.8) is 0 Å². The van der Waals surface area contributed by atoms with Gasteiger partial charge in [-0.3, -0.25) is 10.2 Å². The smallest absolute Gasteiger partial charge is 0.410 e. The zero-order chi connectivity index (χ0) is 20.0. The van der Waals surface area contributed by atoms with Crippen molar-refractivity contribution < 1.29 is 23.9 Å². The molecular formula is C18H26N4O5. The largest absolute Gasteiger partial charge is 0.490 e. The Morgan fingerprint density at radius 3 is 2.52 bits per heavy atom. The van der Waals surface area contributed by atoms with Crippen LogP contribution in [0.2, 0.25) is 0 Å². The minimum absolute atomic E-state index is 0.0102. The number of aldehydes is 1. The monoisotopic (exact) mass is 378 g/mol. The van der Waals surface area contributed by atoms with Gasteiger partial charge < -0.3 is 24.5 Å². The number of rotatable bonds is 7. The first-order valence-electron chi connectivity index (χ1n) is 8.59. The van der Waals surface area contributed by atoms with Crippen LogP contribution < -0.4 is 16.0 Å². The van der Waals surface area contributed by atoms with E-state index in [4.69, 9.17) is 20.8 Å². The van der Waals surface area contributed by atoms with Gasteiger partial charge in [0.25, 0.3) is 0 Å². The van der Waals surface area contributed by atoms with Crippen LogP contribution in [0.3, 0.4) is 0 Å². The molecule has 0 aromatic heterocycles. The van der Waals surface area contributed by atoms with E-state index in [2.05, 4.69) is 10.2 Å². The molecule has 1 atom stereocenters. The van der Waals surface area contributed by atoms with Crippen molar-refractivity contribution in [3.8, 4) is 5.75 Å². The van der Waals surface area contributed by atoms with Crippen molar-refractivity contribution in [1.82, 2.24) is 10.2 Å². The molecule has 0 aliphatic carbocycles. The Hall–Kier alpha value is -2.65. The van der Waals surface area contributed by atoms with E-state index >= 15 is 0 Å². The molecule has 0 saturated carbocycles. The van der Waals surface area contributed by atoms with Crippen LogP contribution in [0.15, 0.2) is 24.3 Å². The zero-order valence-electron chi connectivity index (χ0n) is 15.7. The third-order valence-electron chi connectivity index (χ3n) is 3.77. The predicted molar refractivity (Wildman–Crippen MR) is 98.6 cm³/mol. The molecular weight excluding hydrogens is 352 g/mol. The Bertz CT molecular complexity index is 665. The number of amidine groups is 1. The van der Waals surface area contributed by atoms with Crippen LogP contribution in [0.4, 0.5) is 4.79 Å². The van der Waals surface area contributed by atoms with E-state index in [0.717, 1.165) is 0 Å². The maximum absolute atomic E-state index is 11.9. The first kappa shape index (κ1) is 20.7. The number of ether oxygens (including phenoxy) is 2. The molecule has 9 heteroatoms. The fourth-order valence-electron chi connectivity index (χ4n) is 2.34. The summed E-state index contributed by atoms with van der Waals surface area (Å²) in [6.45, 7) is 6.47. The van der Waals surface area contributed by atoms with E-state index in [1.54, 1.807) is 29.2 Å². The maximum Gasteiger partial charge on any atom is 0.410 e. The van der Waals surface area contributed by atoms with Crippen LogP contribution in [-0.4, -0.2) is 60.6 Å². The van der Waals surface area contributed by atoms with Gasteiger partial charge in [0.05, 0.1) is 6.04 Å². The van der Waals surface area contributed by atoms with Gasteiger partial charge in [-0.25, -0.2) is 10.7 Å². The van der Waals surface area contributed by atoms with Gasteiger partial charge in [-0.2, -0.15) is 0 Å². The highest BCUT2D eigenvalue weighted by Crippen LogP contribution is 2.16. The summed E-state index contributed by atoms with van der Waals surface area (Å²) < 4.78 is 10.7. The number of amides is 1. The van der Waals surface area contributed by atoms with Crippen molar-refractivity contribution in [3.05, 3.63) is 29.8 Å². The Balaban J connectivity index is 1.77. The Kier molecular flexibility index (Phi) is 6.75. The lowest BCUT2D eigenvalue weighted by molar-refractivity contribution is -0.120. The van der Waals surface area contributed by atoms with Gasteiger partial charge >= 0.3 is 6.09 Å². The van der Waals surface area contributed by atoms with Gasteiger partial charge in [-0.1, -0.05) is 0 Å². The van der Waals surface area contributed by atoms with Gasteiger partial charge in [0.1, 0.15) is 23.8 Å². The molecule has 9 nitrogen and oxygen atoms in total. The van der Waals surface area contributed by atoms with Crippen molar-refractivity contribution in [2.24, 2.45) is 5.90 Å². The van der Waals surface area contributed by atoms with Crippen molar-refractivity contribution in [2.45, 2.75) is 38.5 Å². The number of hydrogen-bond donors (Lipinski definition) is 3. The van der Waals surface area contributed by atoms with Gasteiger partial charge in [0.15, 0.2) is 12.4 Å². The van der Waals surface area contributed by atoms with Gasteiger partial charge in [-0.15, -0.1) is 0 Å². The molecule has 2 rings (SSSR count). The van der Waals surface area contributed by atoms with Gasteiger partial charge in [-0.05, 0) is 45.0 Å². The van der Waals surface area contributed by atoms with Crippen molar-refractivity contribution in [2.75, 3.05) is 19.7 Å². The second-order valence-electron chi connectivity index (χ2n) is 7.25. The number of nitrogens with two attached hydrogens (primary N) is 1. The molecule has 1 amide bonds. The predicted octanol–water partition coefficient (Wildman–Crippen LogP) is 1.06. The SMILES string of the molecule is CC(C)(C)OC(=O)N1CC(NC(=N)c2ccc(OC[C@@H](C=O)ON)cc2)C1. The van der Waals surface area contributed by atoms with Gasteiger partial charge in [0, 0.05) is 18.7 Å². The highest BCUT2D eigenvalue weighted by molar-refractivity contribution is 5.96. The average Bonchev–Trinajstić information content (AvgIpc) is 2.57. The standard InChI is InChI=1S/C18H26N4O5/c1-18(2,3)26-17(24)22-8-13(9-22)21-16(19)12-4-6-14(7-5-12)25-11-15(10-23)27-20/h4-7,10,13,15H,8-9,11,20H2,1-3H3,(H2,19,21)/t15-/m1/s1. The summed E-state index contributed by atoms with van der Waals surface area (Å²) >= 11 is 0. The number of carbonyl (C=O) groups is 2. The van der Waals surface area contributed by atoms with Crippen LogP contribution in [0.25, 0.3) is 0 Å². The minimum Gasteiger partial charge on any atom is -0.490 e. The van der Waals surface area contributed by atoms with Crippen LogP contribution in [0.1, 0.15) is 26.3 Å². The Morgan fingerprint density at radius 2 is 2.00 bits per heavy atom. The lowest BCUT2D eigenvalue weighted by Crippen LogP contribution is -2.61. The van der Waals surface area contributed by atoms with E-state index in [-0.39, 0.29) is 24.6 Å². The Morgan fingerprint density at radius 1 is 1.37 bits per heavy atom. The molecule has 1 heterocycles. The van der Waals surface area contributed by atoms with Crippen LogP contribution in [-0.2, 0) is 14.4 Å². The molecule has 0 spiro atoms.